The highest BCUT2D eigenvalue weighted by Crippen LogP contribution is 2.23. The number of anilines is 1. The first kappa shape index (κ1) is 32.7. The molecule has 5 N–H and O–H groups in total. The third kappa shape index (κ3) is 7.93. The summed E-state index contributed by atoms with van der Waals surface area (Å²) >= 11 is 6.18. The molecule has 0 aliphatic rings. The Morgan fingerprint density at radius 1 is 1.15 bits per heavy atom. The van der Waals surface area contributed by atoms with Gasteiger partial charge in [0.05, 0.1) is 28.7 Å². The summed E-state index contributed by atoms with van der Waals surface area (Å²) in [6.45, 7) is 1.19. The quantitative estimate of drug-likeness (QED) is 0.127. The maximum Gasteiger partial charge on any atom is 0.409 e. The minimum Gasteiger partial charge on any atom is -0.465 e. The summed E-state index contributed by atoms with van der Waals surface area (Å²) in [5.41, 5.74) is 1.71. The number of nitrogens with one attached hydrogen (secondary N) is 4. The van der Waals surface area contributed by atoms with E-state index in [1.807, 2.05) is 0 Å². The molecule has 0 fully saturated rings. The van der Waals surface area contributed by atoms with Crippen LogP contribution < -0.4 is 20.9 Å². The smallest absolute Gasteiger partial charge is 0.409 e. The molecule has 1 atom stereocenters. The van der Waals surface area contributed by atoms with Crippen molar-refractivity contribution in [3.8, 4) is 16.8 Å². The second-order valence-electron chi connectivity index (χ2n) is 10.00. The van der Waals surface area contributed by atoms with Crippen LogP contribution in [0.25, 0.3) is 22.9 Å². The number of aryl methyl sites for hydroxylation is 2. The number of aromatic amines is 1. The molecule has 3 aromatic heterocycles. The van der Waals surface area contributed by atoms with Crippen LogP contribution in [-0.4, -0.2) is 72.3 Å². The third-order valence-corrected chi connectivity index (χ3v) is 8.44. The molecule has 5 aromatic rings. The van der Waals surface area contributed by atoms with Crippen molar-refractivity contribution in [1.29, 1.82) is 0 Å². The van der Waals surface area contributed by atoms with Crippen LogP contribution in [0.2, 0.25) is 5.02 Å². The fraction of sp³-hybridized carbons (Fsp3) is 0.143. The van der Waals surface area contributed by atoms with Crippen molar-refractivity contribution in [2.45, 2.75) is 17.9 Å². The molecule has 242 valence electrons. The van der Waals surface area contributed by atoms with E-state index >= 15 is 0 Å². The molecule has 0 radical (unpaired) electrons. The van der Waals surface area contributed by atoms with Gasteiger partial charge < -0.3 is 10.4 Å². The van der Waals surface area contributed by atoms with Crippen molar-refractivity contribution in [3.63, 3.8) is 0 Å². The predicted octanol–water partition coefficient (Wildman–Crippen LogP) is 2.05. The zero-order chi connectivity index (χ0) is 33.7. The van der Waals surface area contributed by atoms with Crippen LogP contribution in [0.3, 0.4) is 0 Å². The second-order valence-corrected chi connectivity index (χ2v) is 12.2. The molecule has 0 saturated carbocycles. The molecule has 0 saturated heterocycles. The van der Waals surface area contributed by atoms with Crippen molar-refractivity contribution in [3.05, 3.63) is 99.5 Å². The molecule has 2 amide bonds. The lowest BCUT2D eigenvalue weighted by Gasteiger charge is -2.18. The Labute approximate surface area is 271 Å². The second kappa shape index (κ2) is 13.7. The Hall–Kier alpha value is -5.72. The van der Waals surface area contributed by atoms with Crippen LogP contribution in [-0.2, 0) is 21.9 Å². The molecular formula is C28H26ClN11O6S. The number of hydrogen-bond donors (Lipinski definition) is 5. The summed E-state index contributed by atoms with van der Waals surface area (Å²) in [6.07, 6.45) is 4.17. The highest BCUT2D eigenvalue weighted by Gasteiger charge is 2.24. The first-order valence-electron chi connectivity index (χ1n) is 13.6. The van der Waals surface area contributed by atoms with Crippen molar-refractivity contribution in [2.24, 2.45) is 7.05 Å². The molecule has 0 aliphatic heterocycles. The summed E-state index contributed by atoms with van der Waals surface area (Å²) in [5, 5.41) is 36.0. The molecule has 2 aromatic carbocycles. The van der Waals surface area contributed by atoms with Gasteiger partial charge in [0.2, 0.25) is 15.9 Å². The van der Waals surface area contributed by atoms with Gasteiger partial charge in [-0.05, 0) is 65.4 Å². The molecule has 19 heteroatoms. The van der Waals surface area contributed by atoms with E-state index in [4.69, 9.17) is 16.7 Å². The molecule has 0 spiro atoms. The molecule has 0 bridgehead atoms. The highest BCUT2D eigenvalue weighted by atomic mass is 35.5. The van der Waals surface area contributed by atoms with E-state index in [0.29, 0.717) is 21.8 Å². The van der Waals surface area contributed by atoms with Gasteiger partial charge in [0, 0.05) is 42.1 Å². The number of benzene rings is 2. The van der Waals surface area contributed by atoms with E-state index in [-0.39, 0.29) is 34.1 Å². The van der Waals surface area contributed by atoms with Crippen molar-refractivity contribution in [1.82, 2.24) is 50.2 Å². The molecule has 17 nitrogen and oxygen atoms in total. The van der Waals surface area contributed by atoms with Crippen molar-refractivity contribution in [2.75, 3.05) is 11.9 Å². The van der Waals surface area contributed by atoms with Crippen LogP contribution in [0.15, 0.2) is 76.8 Å². The summed E-state index contributed by atoms with van der Waals surface area (Å²) < 4.78 is 31.6. The summed E-state index contributed by atoms with van der Waals surface area (Å²) in [4.78, 5) is 36.9. The monoisotopic (exact) mass is 679 g/mol. The number of rotatable bonds is 11. The van der Waals surface area contributed by atoms with E-state index < -0.39 is 33.6 Å². The summed E-state index contributed by atoms with van der Waals surface area (Å²) in [6, 6.07) is 11.2. The lowest BCUT2D eigenvalue weighted by atomic mass is 10.0. The fourth-order valence-corrected chi connectivity index (χ4v) is 5.98. The maximum absolute atomic E-state index is 13.3. The zero-order valence-electron chi connectivity index (χ0n) is 24.6. The van der Waals surface area contributed by atoms with Gasteiger partial charge in [-0.15, -0.1) is 5.10 Å². The number of halogens is 1. The Morgan fingerprint density at radius 2 is 1.91 bits per heavy atom. The van der Waals surface area contributed by atoms with Crippen LogP contribution >= 0.6 is 11.6 Å². The third-order valence-electron chi connectivity index (χ3n) is 6.68. The molecule has 5 rings (SSSR count). The van der Waals surface area contributed by atoms with Crippen LogP contribution in [0.5, 0.6) is 0 Å². The highest BCUT2D eigenvalue weighted by molar-refractivity contribution is 7.89. The lowest BCUT2D eigenvalue weighted by Crippen LogP contribution is -2.38. The van der Waals surface area contributed by atoms with Crippen molar-refractivity contribution >= 4 is 45.4 Å². The van der Waals surface area contributed by atoms with Crippen LogP contribution in [0, 0.1) is 6.92 Å². The number of carboxylic acid groups (broad SMARTS) is 1. The fourth-order valence-electron chi connectivity index (χ4n) is 4.54. The largest absolute Gasteiger partial charge is 0.465 e. The van der Waals surface area contributed by atoms with Gasteiger partial charge in [-0.25, -0.2) is 23.0 Å². The van der Waals surface area contributed by atoms with Gasteiger partial charge >= 0.3 is 6.09 Å². The average Bonchev–Trinajstić information content (AvgIpc) is 3.68. The topological polar surface area (TPSA) is 232 Å². The minimum absolute atomic E-state index is 0.0498. The number of aromatic nitrogens is 8. The molecule has 3 heterocycles. The number of hydrogen-bond acceptors (Lipinski definition) is 10. The molecule has 47 heavy (non-hydrogen) atoms. The Bertz CT molecular complexity index is 2130. The van der Waals surface area contributed by atoms with Crippen LogP contribution in [0.4, 0.5) is 10.5 Å². The van der Waals surface area contributed by atoms with E-state index in [1.165, 1.54) is 64.4 Å². The predicted molar refractivity (Wildman–Crippen MR) is 169 cm³/mol. The number of H-pyrrole nitrogens is 1. The first-order valence-corrected chi connectivity index (χ1v) is 15.5. The number of carbonyl (C=O) groups is 2. The first-order chi connectivity index (χ1) is 22.4. The number of sulfonamides is 1. The summed E-state index contributed by atoms with van der Waals surface area (Å²) in [7, 11) is -2.49. The molecule has 0 aliphatic carbocycles. The zero-order valence-corrected chi connectivity index (χ0v) is 26.2. The van der Waals surface area contributed by atoms with E-state index in [9.17, 15) is 22.8 Å². The van der Waals surface area contributed by atoms with Gasteiger partial charge in [0.1, 0.15) is 11.2 Å². The van der Waals surface area contributed by atoms with Gasteiger partial charge in [-0.2, -0.15) is 14.9 Å². The van der Waals surface area contributed by atoms with Gasteiger partial charge in [-0.1, -0.05) is 23.7 Å². The van der Waals surface area contributed by atoms with E-state index in [2.05, 4.69) is 46.2 Å². The minimum atomic E-state index is -4.08. The Kier molecular flexibility index (Phi) is 9.54. The average molecular weight is 680 g/mol. The number of tetrazole rings is 1. The molecule has 1 unspecified atom stereocenters. The van der Waals surface area contributed by atoms with E-state index in [1.54, 1.807) is 32.2 Å². The summed E-state index contributed by atoms with van der Waals surface area (Å²) in [5.74, 6) is -0.631. The van der Waals surface area contributed by atoms with Gasteiger partial charge in [0.25, 0.3) is 5.56 Å². The number of amides is 2. The van der Waals surface area contributed by atoms with Gasteiger partial charge in [0.15, 0.2) is 0 Å². The van der Waals surface area contributed by atoms with Gasteiger partial charge in [-0.3, -0.25) is 19.6 Å². The number of nitrogens with zero attached hydrogens (tertiary/aromatic N) is 7. The maximum atomic E-state index is 13.3. The van der Waals surface area contributed by atoms with E-state index in [0.717, 1.165) is 0 Å². The number of carbonyl (C=O) groups excluding carboxylic acids is 1. The van der Waals surface area contributed by atoms with Crippen LogP contribution in [0.1, 0.15) is 23.0 Å². The standard InChI is InChI=1S/C28H26ClN11O6S/c1-16-25(14-39(2)36-16)47(45,46)31-13-23(22-12-21(27(42)35-34-22)17-3-7-20(8-4-17)32-28(43)44)33-26(41)10-5-18-11-19(29)6-9-24(18)40-15-30-37-38-40/h3-12,14-15,23,31-32H,13H2,1-2H3,(H,33,41)(H,35,42)(H,43,44). The van der Waals surface area contributed by atoms with Crippen molar-refractivity contribution < 1.29 is 23.1 Å². The Morgan fingerprint density at radius 3 is 2.57 bits per heavy atom. The Balaban J connectivity index is 1.45. The molecular weight excluding hydrogens is 654 g/mol. The SMILES string of the molecule is Cc1nn(C)cc1S(=O)(=O)NCC(NC(=O)C=Cc1cc(Cl)ccc1-n1cnnn1)c1cc(-c2ccc(NC(=O)O)cc2)c(=O)[nH]n1. The normalized spacial score (nSPS) is 12.2. The lowest BCUT2D eigenvalue weighted by molar-refractivity contribution is -0.117.